The zero-order valence-electron chi connectivity index (χ0n) is 9.19. The molecule has 1 aromatic heterocycles. The van der Waals surface area contributed by atoms with Crippen LogP contribution in [0, 0.1) is 6.92 Å². The molecule has 0 bridgehead atoms. The lowest BCUT2D eigenvalue weighted by molar-refractivity contribution is -0.141. The molecule has 15 heavy (non-hydrogen) atoms. The summed E-state index contributed by atoms with van der Waals surface area (Å²) in [5, 5.41) is 2.87. The second-order valence-electron chi connectivity index (χ2n) is 3.57. The highest BCUT2D eigenvalue weighted by atomic mass is 32.1. The van der Waals surface area contributed by atoms with Crippen molar-refractivity contribution in [2.75, 3.05) is 7.11 Å². The Morgan fingerprint density at radius 2 is 2.40 bits per heavy atom. The van der Waals surface area contributed by atoms with Crippen LogP contribution in [0.3, 0.4) is 0 Å². The third-order valence-corrected chi connectivity index (χ3v) is 3.30. The summed E-state index contributed by atoms with van der Waals surface area (Å²) in [5.41, 5.74) is 6.80. The Hall–Kier alpha value is -0.940. The van der Waals surface area contributed by atoms with Gasteiger partial charge in [0.25, 0.3) is 0 Å². The van der Waals surface area contributed by atoms with E-state index < -0.39 is 0 Å². The fraction of sp³-hybridized carbons (Fsp3) is 0.600. The molecular formula is C10H16N2O2S. The monoisotopic (exact) mass is 228 g/mol. The molecule has 4 nitrogen and oxygen atoms in total. The normalized spacial score (nSPS) is 14.7. The molecule has 84 valence electrons. The summed E-state index contributed by atoms with van der Waals surface area (Å²) < 4.78 is 4.64. The molecule has 1 rings (SSSR count). The van der Waals surface area contributed by atoms with Crippen molar-refractivity contribution in [3.63, 3.8) is 0 Å². The average molecular weight is 228 g/mol. The van der Waals surface area contributed by atoms with Gasteiger partial charge >= 0.3 is 5.97 Å². The SMILES string of the molecule is COC(=O)CC(c1nc(C)cs1)C(C)N. The predicted molar refractivity (Wildman–Crippen MR) is 59.9 cm³/mol. The van der Waals surface area contributed by atoms with Gasteiger partial charge in [-0.3, -0.25) is 4.79 Å². The van der Waals surface area contributed by atoms with Gasteiger partial charge in [0.05, 0.1) is 18.5 Å². The average Bonchev–Trinajstić information content (AvgIpc) is 2.60. The lowest BCUT2D eigenvalue weighted by atomic mass is 9.99. The number of carbonyl (C=O) groups is 1. The van der Waals surface area contributed by atoms with Crippen molar-refractivity contribution >= 4 is 17.3 Å². The zero-order valence-corrected chi connectivity index (χ0v) is 10.0. The fourth-order valence-corrected chi connectivity index (χ4v) is 2.32. The van der Waals surface area contributed by atoms with Gasteiger partial charge in [-0.25, -0.2) is 4.98 Å². The first-order valence-electron chi connectivity index (χ1n) is 4.79. The molecule has 0 spiro atoms. The molecule has 5 heteroatoms. The van der Waals surface area contributed by atoms with E-state index in [1.54, 1.807) is 0 Å². The van der Waals surface area contributed by atoms with Crippen molar-refractivity contribution in [3.8, 4) is 0 Å². The number of hydrogen-bond acceptors (Lipinski definition) is 5. The zero-order chi connectivity index (χ0) is 11.4. The molecule has 1 aromatic rings. The van der Waals surface area contributed by atoms with Crippen molar-refractivity contribution in [1.29, 1.82) is 0 Å². The lowest BCUT2D eigenvalue weighted by Gasteiger charge is -2.16. The first kappa shape index (κ1) is 12.1. The standard InChI is InChI=1S/C10H16N2O2S/c1-6-5-15-10(12-6)8(7(2)11)4-9(13)14-3/h5,7-8H,4,11H2,1-3H3. The van der Waals surface area contributed by atoms with E-state index in [2.05, 4.69) is 9.72 Å². The van der Waals surface area contributed by atoms with Gasteiger partial charge in [0.15, 0.2) is 0 Å². The van der Waals surface area contributed by atoms with Gasteiger partial charge in [0, 0.05) is 23.0 Å². The lowest BCUT2D eigenvalue weighted by Crippen LogP contribution is -2.27. The smallest absolute Gasteiger partial charge is 0.306 e. The summed E-state index contributed by atoms with van der Waals surface area (Å²) in [6.07, 6.45) is 0.293. The maximum absolute atomic E-state index is 11.2. The molecule has 0 aliphatic heterocycles. The molecule has 0 aliphatic carbocycles. The largest absolute Gasteiger partial charge is 0.469 e. The maximum Gasteiger partial charge on any atom is 0.306 e. The number of ether oxygens (including phenoxy) is 1. The number of thiazole rings is 1. The minimum Gasteiger partial charge on any atom is -0.469 e. The van der Waals surface area contributed by atoms with E-state index in [-0.39, 0.29) is 17.9 Å². The number of carbonyl (C=O) groups excluding carboxylic acids is 1. The first-order valence-corrected chi connectivity index (χ1v) is 5.67. The highest BCUT2D eigenvalue weighted by molar-refractivity contribution is 7.09. The van der Waals surface area contributed by atoms with Gasteiger partial charge in [0.2, 0.25) is 0 Å². The maximum atomic E-state index is 11.2. The Morgan fingerprint density at radius 3 is 2.80 bits per heavy atom. The van der Waals surface area contributed by atoms with E-state index in [4.69, 9.17) is 5.73 Å². The summed E-state index contributed by atoms with van der Waals surface area (Å²) in [5.74, 6) is -0.290. The van der Waals surface area contributed by atoms with E-state index in [0.29, 0.717) is 6.42 Å². The van der Waals surface area contributed by atoms with Gasteiger partial charge in [-0.1, -0.05) is 0 Å². The quantitative estimate of drug-likeness (QED) is 0.792. The van der Waals surface area contributed by atoms with Gasteiger partial charge < -0.3 is 10.5 Å². The molecule has 2 atom stereocenters. The molecule has 0 aromatic carbocycles. The Labute approximate surface area is 93.5 Å². The van der Waals surface area contributed by atoms with Gasteiger partial charge in [-0.15, -0.1) is 11.3 Å². The summed E-state index contributed by atoms with van der Waals surface area (Å²) in [6.45, 7) is 3.81. The number of esters is 1. The molecule has 0 saturated carbocycles. The van der Waals surface area contributed by atoms with Crippen LogP contribution in [-0.4, -0.2) is 24.1 Å². The van der Waals surface area contributed by atoms with Crippen molar-refractivity contribution in [1.82, 2.24) is 4.98 Å². The van der Waals surface area contributed by atoms with Crippen molar-refractivity contribution < 1.29 is 9.53 Å². The number of hydrogen-bond donors (Lipinski definition) is 1. The highest BCUT2D eigenvalue weighted by Gasteiger charge is 2.23. The number of nitrogens with two attached hydrogens (primary N) is 1. The third-order valence-electron chi connectivity index (χ3n) is 2.20. The molecule has 2 N–H and O–H groups in total. The van der Waals surface area contributed by atoms with Crippen molar-refractivity contribution in [2.45, 2.75) is 32.2 Å². The number of rotatable bonds is 4. The van der Waals surface area contributed by atoms with E-state index in [9.17, 15) is 4.79 Å². The molecule has 0 saturated heterocycles. The molecular weight excluding hydrogens is 212 g/mol. The van der Waals surface area contributed by atoms with Crippen LogP contribution in [-0.2, 0) is 9.53 Å². The minimum atomic E-state index is -0.245. The first-order chi connectivity index (χ1) is 7.04. The molecule has 0 fully saturated rings. The van der Waals surface area contributed by atoms with Gasteiger partial charge in [0.1, 0.15) is 0 Å². The summed E-state index contributed by atoms with van der Waals surface area (Å²) in [4.78, 5) is 15.6. The summed E-state index contributed by atoms with van der Waals surface area (Å²) in [6, 6.07) is -0.102. The summed E-state index contributed by atoms with van der Waals surface area (Å²) in [7, 11) is 1.38. The molecule has 0 aliphatic rings. The number of nitrogens with zero attached hydrogens (tertiary/aromatic N) is 1. The summed E-state index contributed by atoms with van der Waals surface area (Å²) >= 11 is 1.54. The van der Waals surface area contributed by atoms with Crippen LogP contribution in [0.1, 0.15) is 30.0 Å². The van der Waals surface area contributed by atoms with Crippen LogP contribution in [0.2, 0.25) is 0 Å². The van der Waals surface area contributed by atoms with Crippen LogP contribution in [0.15, 0.2) is 5.38 Å². The Bertz CT molecular complexity index is 336. The topological polar surface area (TPSA) is 65.2 Å². The second kappa shape index (κ2) is 5.23. The van der Waals surface area contributed by atoms with Gasteiger partial charge in [-0.2, -0.15) is 0 Å². The van der Waals surface area contributed by atoms with E-state index in [1.165, 1.54) is 18.4 Å². The van der Waals surface area contributed by atoms with Gasteiger partial charge in [-0.05, 0) is 13.8 Å². The van der Waals surface area contributed by atoms with E-state index in [0.717, 1.165) is 10.7 Å². The molecule has 0 amide bonds. The molecule has 2 unspecified atom stereocenters. The van der Waals surface area contributed by atoms with Crippen molar-refractivity contribution in [3.05, 3.63) is 16.1 Å². The van der Waals surface area contributed by atoms with Crippen LogP contribution < -0.4 is 5.73 Å². The van der Waals surface area contributed by atoms with Crippen LogP contribution in [0.5, 0.6) is 0 Å². The predicted octanol–water partition coefficient (Wildman–Crippen LogP) is 1.45. The van der Waals surface area contributed by atoms with Crippen molar-refractivity contribution in [2.24, 2.45) is 5.73 Å². The third kappa shape index (κ3) is 3.28. The van der Waals surface area contributed by atoms with Crippen LogP contribution in [0.4, 0.5) is 0 Å². The Balaban J connectivity index is 2.79. The Morgan fingerprint density at radius 1 is 1.73 bits per heavy atom. The van der Waals surface area contributed by atoms with E-state index in [1.807, 2.05) is 19.2 Å². The number of methoxy groups -OCH3 is 1. The van der Waals surface area contributed by atoms with Crippen LogP contribution >= 0.6 is 11.3 Å². The fourth-order valence-electron chi connectivity index (χ4n) is 1.30. The second-order valence-corrected chi connectivity index (χ2v) is 4.46. The molecule has 1 heterocycles. The minimum absolute atomic E-state index is 0.0452. The molecule has 0 radical (unpaired) electrons. The number of aryl methyl sites for hydroxylation is 1. The highest BCUT2D eigenvalue weighted by Crippen LogP contribution is 2.26. The van der Waals surface area contributed by atoms with E-state index >= 15 is 0 Å². The van der Waals surface area contributed by atoms with Crippen LogP contribution in [0.25, 0.3) is 0 Å². The number of aromatic nitrogens is 1. The Kier molecular flexibility index (Phi) is 4.23.